The number of aliphatic imine (C=N–C) groups is 1. The topological polar surface area (TPSA) is 149 Å². The Labute approximate surface area is 173 Å². The van der Waals surface area contributed by atoms with E-state index in [0.717, 1.165) is 12.6 Å². The number of carbonyl (C=O) groups excluding carboxylic acids is 1. The minimum absolute atomic E-state index is 0.0280. The zero-order chi connectivity index (χ0) is 22.1. The second kappa shape index (κ2) is 10.6. The third-order valence-corrected chi connectivity index (χ3v) is 3.76. The Balaban J connectivity index is 2.35. The van der Waals surface area contributed by atoms with E-state index in [-0.39, 0.29) is 34.8 Å². The van der Waals surface area contributed by atoms with Gasteiger partial charge >= 0.3 is 5.97 Å². The fourth-order valence-corrected chi connectivity index (χ4v) is 2.13. The molecule has 10 heteroatoms. The largest absolute Gasteiger partial charge is 0.491 e. The first kappa shape index (κ1) is 22.3. The van der Waals surface area contributed by atoms with Crippen LogP contribution in [0.4, 0.5) is 0 Å². The van der Waals surface area contributed by atoms with E-state index < -0.39 is 11.9 Å². The summed E-state index contributed by atoms with van der Waals surface area (Å²) in [5.74, 6) is -1.05. The predicted molar refractivity (Wildman–Crippen MR) is 110 cm³/mol. The van der Waals surface area contributed by atoms with Crippen molar-refractivity contribution < 1.29 is 24.2 Å². The number of carboxylic acid groups (broad SMARTS) is 1. The van der Waals surface area contributed by atoms with Crippen LogP contribution in [0.25, 0.3) is 0 Å². The van der Waals surface area contributed by atoms with Gasteiger partial charge in [0.25, 0.3) is 5.91 Å². The van der Waals surface area contributed by atoms with Crippen LogP contribution in [-0.4, -0.2) is 45.9 Å². The van der Waals surface area contributed by atoms with Gasteiger partial charge in [0, 0.05) is 18.7 Å². The average molecular weight is 413 g/mol. The molecule has 1 atom stereocenters. The number of hydrogen-bond acceptors (Lipinski definition) is 7. The maximum Gasteiger partial charge on any atom is 0.356 e. The number of ether oxygens (including phenoxy) is 2. The lowest BCUT2D eigenvalue weighted by molar-refractivity contribution is 0.0689. The Morgan fingerprint density at radius 1 is 1.27 bits per heavy atom. The summed E-state index contributed by atoms with van der Waals surface area (Å²) < 4.78 is 11.4. The van der Waals surface area contributed by atoms with Gasteiger partial charge in [0.1, 0.15) is 17.3 Å². The second-order valence-electron chi connectivity index (χ2n) is 6.14. The molecule has 1 aromatic heterocycles. The molecule has 10 nitrogen and oxygen atoms in total. The molecule has 0 bridgehead atoms. The van der Waals surface area contributed by atoms with Gasteiger partial charge in [-0.15, -0.1) is 0 Å². The molecule has 4 N–H and O–H groups in total. The molecule has 0 saturated heterocycles. The maximum absolute atomic E-state index is 12.5. The number of nitrogens with two attached hydrogens (primary N) is 1. The Morgan fingerprint density at radius 3 is 2.60 bits per heavy atom. The van der Waals surface area contributed by atoms with E-state index in [1.54, 1.807) is 25.4 Å². The highest BCUT2D eigenvalue weighted by molar-refractivity contribution is 6.06. The van der Waals surface area contributed by atoms with Crippen LogP contribution in [0.3, 0.4) is 0 Å². The third-order valence-electron chi connectivity index (χ3n) is 3.76. The summed E-state index contributed by atoms with van der Waals surface area (Å²) in [4.78, 5) is 34.9. The quantitative estimate of drug-likeness (QED) is 0.416. The first-order valence-corrected chi connectivity index (χ1v) is 9.09. The van der Waals surface area contributed by atoms with Crippen LogP contribution in [0.1, 0.15) is 41.1 Å². The fraction of sp³-hybridized carbons (Fsp3) is 0.250. The number of amides is 1. The van der Waals surface area contributed by atoms with Crippen LogP contribution in [0.5, 0.6) is 17.4 Å². The SMILES string of the molecule is CC[C@H](C)Oc1cc(Oc2cnc(C(=O)O)cn2)cc(C(=O)N=C(N)/C=C\NC)c1. The summed E-state index contributed by atoms with van der Waals surface area (Å²) in [6.45, 7) is 3.86. The molecule has 0 aliphatic carbocycles. The molecule has 0 radical (unpaired) electrons. The van der Waals surface area contributed by atoms with Crippen molar-refractivity contribution in [2.45, 2.75) is 26.4 Å². The van der Waals surface area contributed by atoms with Crippen molar-refractivity contribution in [2.75, 3.05) is 7.05 Å². The highest BCUT2D eigenvalue weighted by atomic mass is 16.5. The number of hydrogen-bond donors (Lipinski definition) is 3. The molecule has 1 aromatic carbocycles. The number of aromatic carboxylic acids is 1. The monoisotopic (exact) mass is 413 g/mol. The van der Waals surface area contributed by atoms with E-state index in [1.807, 2.05) is 13.8 Å². The van der Waals surface area contributed by atoms with E-state index in [0.29, 0.717) is 5.75 Å². The maximum atomic E-state index is 12.5. The summed E-state index contributed by atoms with van der Waals surface area (Å²) in [6, 6.07) is 4.58. The van der Waals surface area contributed by atoms with Crippen molar-refractivity contribution in [1.82, 2.24) is 15.3 Å². The smallest absolute Gasteiger partial charge is 0.356 e. The van der Waals surface area contributed by atoms with Crippen molar-refractivity contribution in [3.8, 4) is 17.4 Å². The zero-order valence-corrected chi connectivity index (χ0v) is 16.8. The van der Waals surface area contributed by atoms with Gasteiger partial charge in [0.2, 0.25) is 5.88 Å². The second-order valence-corrected chi connectivity index (χ2v) is 6.14. The number of benzene rings is 1. The van der Waals surface area contributed by atoms with Crippen LogP contribution in [0.15, 0.2) is 47.9 Å². The van der Waals surface area contributed by atoms with Crippen LogP contribution in [-0.2, 0) is 0 Å². The number of nitrogens with one attached hydrogen (secondary N) is 1. The molecule has 158 valence electrons. The zero-order valence-electron chi connectivity index (χ0n) is 16.8. The number of aromatic nitrogens is 2. The lowest BCUT2D eigenvalue weighted by Crippen LogP contribution is -2.13. The number of nitrogens with zero attached hydrogens (tertiary/aromatic N) is 3. The lowest BCUT2D eigenvalue weighted by atomic mass is 10.2. The summed E-state index contributed by atoms with van der Waals surface area (Å²) in [5, 5.41) is 11.7. The normalized spacial score (nSPS) is 12.4. The van der Waals surface area contributed by atoms with Crippen molar-refractivity contribution in [3.63, 3.8) is 0 Å². The number of rotatable bonds is 9. The Bertz CT molecular complexity index is 957. The van der Waals surface area contributed by atoms with Gasteiger partial charge in [-0.3, -0.25) is 4.79 Å². The Hall–Kier alpha value is -3.95. The van der Waals surface area contributed by atoms with Gasteiger partial charge in [0.15, 0.2) is 5.69 Å². The summed E-state index contributed by atoms with van der Waals surface area (Å²) >= 11 is 0. The molecule has 2 aromatic rings. The van der Waals surface area contributed by atoms with E-state index in [1.165, 1.54) is 18.3 Å². The van der Waals surface area contributed by atoms with Gasteiger partial charge in [-0.05, 0) is 37.8 Å². The van der Waals surface area contributed by atoms with Gasteiger partial charge < -0.3 is 25.6 Å². The van der Waals surface area contributed by atoms with Crippen LogP contribution in [0, 0.1) is 0 Å². The van der Waals surface area contributed by atoms with Gasteiger partial charge in [0.05, 0.1) is 18.5 Å². The molecule has 30 heavy (non-hydrogen) atoms. The highest BCUT2D eigenvalue weighted by Gasteiger charge is 2.13. The molecule has 0 spiro atoms. The molecule has 0 saturated carbocycles. The minimum atomic E-state index is -1.20. The third kappa shape index (κ3) is 6.59. The lowest BCUT2D eigenvalue weighted by Gasteiger charge is -2.14. The summed E-state index contributed by atoms with van der Waals surface area (Å²) in [6.07, 6.45) is 5.91. The first-order valence-electron chi connectivity index (χ1n) is 9.09. The summed E-state index contributed by atoms with van der Waals surface area (Å²) in [7, 11) is 1.69. The molecule has 0 unspecified atom stereocenters. The fourth-order valence-electron chi connectivity index (χ4n) is 2.13. The Morgan fingerprint density at radius 2 is 2.00 bits per heavy atom. The van der Waals surface area contributed by atoms with Crippen molar-refractivity contribution >= 4 is 17.7 Å². The number of carbonyl (C=O) groups is 2. The van der Waals surface area contributed by atoms with Crippen molar-refractivity contribution in [3.05, 3.63) is 54.1 Å². The molecular formula is C20H23N5O5. The van der Waals surface area contributed by atoms with E-state index in [9.17, 15) is 9.59 Å². The van der Waals surface area contributed by atoms with Crippen LogP contribution in [0.2, 0.25) is 0 Å². The Kier molecular flexibility index (Phi) is 7.86. The standard InChI is InChI=1S/C20H23N5O5/c1-4-12(2)29-14-7-13(19(26)25-17(21)5-6-22-3)8-15(9-14)30-18-11-23-16(10-24-18)20(27)28/h5-12,22H,4H2,1-3H3,(H,27,28)(H2,21,25,26)/b6-5-/t12-/m0/s1. The van der Waals surface area contributed by atoms with Crippen molar-refractivity contribution in [2.24, 2.45) is 10.7 Å². The highest BCUT2D eigenvalue weighted by Crippen LogP contribution is 2.28. The van der Waals surface area contributed by atoms with E-state index in [2.05, 4.69) is 20.3 Å². The molecular weight excluding hydrogens is 390 g/mol. The first-order chi connectivity index (χ1) is 14.3. The molecule has 1 amide bonds. The van der Waals surface area contributed by atoms with Gasteiger partial charge in [-0.25, -0.2) is 14.8 Å². The molecule has 0 aliphatic rings. The molecule has 0 aliphatic heterocycles. The van der Waals surface area contributed by atoms with Crippen molar-refractivity contribution in [1.29, 1.82) is 0 Å². The van der Waals surface area contributed by atoms with Gasteiger partial charge in [-0.1, -0.05) is 6.92 Å². The number of carboxylic acids is 1. The van der Waals surface area contributed by atoms with Crippen LogP contribution >= 0.6 is 0 Å². The molecule has 2 rings (SSSR count). The minimum Gasteiger partial charge on any atom is -0.491 e. The molecule has 1 heterocycles. The van der Waals surface area contributed by atoms with Crippen LogP contribution < -0.4 is 20.5 Å². The average Bonchev–Trinajstić information content (AvgIpc) is 2.72. The summed E-state index contributed by atoms with van der Waals surface area (Å²) in [5.41, 5.74) is 5.69. The molecule has 0 fully saturated rings. The van der Waals surface area contributed by atoms with E-state index >= 15 is 0 Å². The number of amidine groups is 1. The predicted octanol–water partition coefficient (Wildman–Crippen LogP) is 2.37. The van der Waals surface area contributed by atoms with Gasteiger partial charge in [-0.2, -0.15) is 4.99 Å². The van der Waals surface area contributed by atoms with E-state index in [4.69, 9.17) is 20.3 Å².